The minimum Gasteiger partial charge on any atom is -0.507 e. The molecule has 0 saturated carbocycles. The van der Waals surface area contributed by atoms with Crippen molar-refractivity contribution >= 4 is 11.9 Å². The molecule has 1 amide bonds. The van der Waals surface area contributed by atoms with Gasteiger partial charge in [0.2, 0.25) is 0 Å². The Kier molecular flexibility index (Phi) is 3.70. The van der Waals surface area contributed by atoms with Gasteiger partial charge in [-0.15, -0.1) is 0 Å². The first-order valence-electron chi connectivity index (χ1n) is 6.66. The maximum atomic E-state index is 12.5. The van der Waals surface area contributed by atoms with Crippen LogP contribution >= 0.6 is 0 Å². The number of aryl methyl sites for hydroxylation is 1. The van der Waals surface area contributed by atoms with Crippen LogP contribution in [0.3, 0.4) is 0 Å². The lowest BCUT2D eigenvalue weighted by Crippen LogP contribution is -2.48. The average molecular weight is 277 g/mol. The largest absolute Gasteiger partial charge is 0.507 e. The van der Waals surface area contributed by atoms with Gasteiger partial charge in [0.15, 0.2) is 0 Å². The number of rotatable bonds is 2. The summed E-state index contributed by atoms with van der Waals surface area (Å²) in [7, 11) is 0. The normalized spacial score (nSPS) is 22.6. The van der Waals surface area contributed by atoms with Crippen LogP contribution in [0.4, 0.5) is 0 Å². The van der Waals surface area contributed by atoms with Gasteiger partial charge in [0.05, 0.1) is 11.0 Å². The summed E-state index contributed by atoms with van der Waals surface area (Å²) in [6.45, 7) is 4.20. The molecule has 1 unspecified atom stereocenters. The lowest BCUT2D eigenvalue weighted by atomic mass is 9.82. The number of benzene rings is 1. The van der Waals surface area contributed by atoms with Gasteiger partial charge < -0.3 is 15.1 Å². The zero-order valence-corrected chi connectivity index (χ0v) is 11.7. The van der Waals surface area contributed by atoms with Gasteiger partial charge in [0, 0.05) is 13.1 Å². The van der Waals surface area contributed by atoms with E-state index >= 15 is 0 Å². The second-order valence-corrected chi connectivity index (χ2v) is 5.72. The fourth-order valence-electron chi connectivity index (χ4n) is 2.58. The number of amides is 1. The van der Waals surface area contributed by atoms with Crippen LogP contribution in [0, 0.1) is 12.3 Å². The highest BCUT2D eigenvalue weighted by molar-refractivity contribution is 5.97. The summed E-state index contributed by atoms with van der Waals surface area (Å²) in [5.41, 5.74) is 0.205. The van der Waals surface area contributed by atoms with Gasteiger partial charge in [-0.2, -0.15) is 0 Å². The maximum Gasteiger partial charge on any atom is 0.311 e. The Morgan fingerprint density at radius 2 is 2.05 bits per heavy atom. The van der Waals surface area contributed by atoms with Gasteiger partial charge >= 0.3 is 5.97 Å². The molecule has 108 valence electrons. The molecule has 1 atom stereocenters. The van der Waals surface area contributed by atoms with Gasteiger partial charge in [-0.1, -0.05) is 11.6 Å². The van der Waals surface area contributed by atoms with Crippen LogP contribution in [-0.4, -0.2) is 40.1 Å². The summed E-state index contributed by atoms with van der Waals surface area (Å²) in [4.78, 5) is 25.3. The molecule has 0 aromatic heterocycles. The second kappa shape index (κ2) is 5.15. The first-order chi connectivity index (χ1) is 9.33. The maximum absolute atomic E-state index is 12.5. The molecular weight excluding hydrogens is 258 g/mol. The van der Waals surface area contributed by atoms with Crippen LogP contribution in [0.15, 0.2) is 18.2 Å². The number of carbonyl (C=O) groups excluding carboxylic acids is 1. The Hall–Kier alpha value is -2.04. The summed E-state index contributed by atoms with van der Waals surface area (Å²) in [5.74, 6) is -1.26. The molecule has 1 saturated heterocycles. The van der Waals surface area contributed by atoms with Crippen LogP contribution in [-0.2, 0) is 4.79 Å². The van der Waals surface area contributed by atoms with Gasteiger partial charge in [-0.05, 0) is 38.8 Å². The molecule has 20 heavy (non-hydrogen) atoms. The lowest BCUT2D eigenvalue weighted by molar-refractivity contribution is -0.150. The minimum absolute atomic E-state index is 0.0665. The molecule has 1 aromatic rings. The number of piperidine rings is 1. The second-order valence-electron chi connectivity index (χ2n) is 5.72. The van der Waals surface area contributed by atoms with Crippen molar-refractivity contribution in [2.45, 2.75) is 26.7 Å². The first-order valence-corrected chi connectivity index (χ1v) is 6.66. The van der Waals surface area contributed by atoms with Crippen LogP contribution in [0.25, 0.3) is 0 Å². The lowest BCUT2D eigenvalue weighted by Gasteiger charge is -2.37. The van der Waals surface area contributed by atoms with Crippen LogP contribution < -0.4 is 0 Å². The van der Waals surface area contributed by atoms with E-state index in [1.807, 2.05) is 6.92 Å². The Labute approximate surface area is 117 Å². The number of hydrogen-bond acceptors (Lipinski definition) is 3. The Morgan fingerprint density at radius 3 is 2.70 bits per heavy atom. The SMILES string of the molecule is Cc1ccc(O)c(C(=O)N2CCCC(C)(C(=O)O)C2)c1. The third-order valence-corrected chi connectivity index (χ3v) is 3.88. The predicted octanol–water partition coefficient (Wildman–Crippen LogP) is 2.03. The molecule has 1 aromatic carbocycles. The molecule has 0 spiro atoms. The van der Waals surface area contributed by atoms with Gasteiger partial charge in [0.1, 0.15) is 5.75 Å². The van der Waals surface area contributed by atoms with Crippen molar-refractivity contribution in [1.29, 1.82) is 0 Å². The third kappa shape index (κ3) is 2.61. The van der Waals surface area contributed by atoms with E-state index in [1.54, 1.807) is 19.1 Å². The number of hydrogen-bond donors (Lipinski definition) is 2. The molecular formula is C15H19NO4. The van der Waals surface area contributed by atoms with Gasteiger partial charge in [0.25, 0.3) is 5.91 Å². The van der Waals surface area contributed by atoms with Crippen LogP contribution in [0.5, 0.6) is 5.75 Å². The van der Waals surface area contributed by atoms with Crippen molar-refractivity contribution in [2.24, 2.45) is 5.41 Å². The minimum atomic E-state index is -0.909. The van der Waals surface area contributed by atoms with Crippen molar-refractivity contribution < 1.29 is 19.8 Å². The number of carboxylic acid groups (broad SMARTS) is 1. The fraction of sp³-hybridized carbons (Fsp3) is 0.467. The van der Waals surface area contributed by atoms with Gasteiger partial charge in [-0.25, -0.2) is 0 Å². The summed E-state index contributed by atoms with van der Waals surface area (Å²) in [6.07, 6.45) is 1.22. The Bertz CT molecular complexity index is 555. The molecule has 5 nitrogen and oxygen atoms in total. The van der Waals surface area contributed by atoms with E-state index in [4.69, 9.17) is 0 Å². The van der Waals surface area contributed by atoms with Gasteiger partial charge in [-0.3, -0.25) is 9.59 Å². The molecule has 1 fully saturated rings. The number of carboxylic acids is 1. The van der Waals surface area contributed by atoms with E-state index in [0.29, 0.717) is 19.4 Å². The number of nitrogens with zero attached hydrogens (tertiary/aromatic N) is 1. The Morgan fingerprint density at radius 1 is 1.35 bits per heavy atom. The standard InChI is InChI=1S/C15H19NO4/c1-10-4-5-12(17)11(8-10)13(18)16-7-3-6-15(2,9-16)14(19)20/h4-5,8,17H,3,6-7,9H2,1-2H3,(H,19,20). The summed E-state index contributed by atoms with van der Waals surface area (Å²) < 4.78 is 0. The molecule has 1 aliphatic rings. The van der Waals surface area contributed by atoms with Crippen molar-refractivity contribution in [2.75, 3.05) is 13.1 Å². The average Bonchev–Trinajstić information content (AvgIpc) is 2.40. The van der Waals surface area contributed by atoms with E-state index in [1.165, 1.54) is 11.0 Å². The quantitative estimate of drug-likeness (QED) is 0.867. The topological polar surface area (TPSA) is 77.8 Å². The van der Waals surface area contributed by atoms with Crippen molar-refractivity contribution in [1.82, 2.24) is 4.90 Å². The van der Waals surface area contributed by atoms with E-state index in [2.05, 4.69) is 0 Å². The zero-order valence-electron chi connectivity index (χ0n) is 11.7. The highest BCUT2D eigenvalue weighted by atomic mass is 16.4. The molecule has 0 bridgehead atoms. The fourth-order valence-corrected chi connectivity index (χ4v) is 2.58. The monoisotopic (exact) mass is 277 g/mol. The summed E-state index contributed by atoms with van der Waals surface area (Å²) >= 11 is 0. The van der Waals surface area contributed by atoms with E-state index in [9.17, 15) is 19.8 Å². The number of aromatic hydroxyl groups is 1. The number of phenols is 1. The number of carbonyl (C=O) groups is 2. The molecule has 1 heterocycles. The number of likely N-dealkylation sites (tertiary alicyclic amines) is 1. The van der Waals surface area contributed by atoms with E-state index < -0.39 is 11.4 Å². The third-order valence-electron chi connectivity index (χ3n) is 3.88. The summed E-state index contributed by atoms with van der Waals surface area (Å²) in [5, 5.41) is 19.1. The molecule has 1 aliphatic heterocycles. The van der Waals surface area contributed by atoms with Crippen LogP contribution in [0.1, 0.15) is 35.7 Å². The van der Waals surface area contributed by atoms with Crippen molar-refractivity contribution in [3.05, 3.63) is 29.3 Å². The first kappa shape index (κ1) is 14.4. The molecule has 0 radical (unpaired) electrons. The highest BCUT2D eigenvalue weighted by Gasteiger charge is 2.39. The molecule has 0 aliphatic carbocycles. The number of phenolic OH excluding ortho intramolecular Hbond substituents is 1. The smallest absolute Gasteiger partial charge is 0.311 e. The van der Waals surface area contributed by atoms with E-state index in [0.717, 1.165) is 5.56 Å². The highest BCUT2D eigenvalue weighted by Crippen LogP contribution is 2.31. The van der Waals surface area contributed by atoms with Crippen LogP contribution in [0.2, 0.25) is 0 Å². The molecule has 2 N–H and O–H groups in total. The zero-order chi connectivity index (χ0) is 14.9. The van der Waals surface area contributed by atoms with Crippen molar-refractivity contribution in [3.63, 3.8) is 0 Å². The molecule has 2 rings (SSSR count). The number of aliphatic carboxylic acids is 1. The Balaban J connectivity index is 2.25. The summed E-state index contributed by atoms with van der Waals surface area (Å²) in [6, 6.07) is 4.84. The van der Waals surface area contributed by atoms with Crippen molar-refractivity contribution in [3.8, 4) is 5.75 Å². The van der Waals surface area contributed by atoms with E-state index in [-0.39, 0.29) is 23.8 Å². The predicted molar refractivity (Wildman–Crippen MR) is 73.7 cm³/mol. The molecule has 5 heteroatoms.